The third-order valence-electron chi connectivity index (χ3n) is 3.21. The third kappa shape index (κ3) is 8.42. The number of carbonyl (C=O) groups is 3. The molecule has 2 aliphatic heterocycles. The monoisotopic (exact) mass is 360 g/mol. The zero-order valence-corrected chi connectivity index (χ0v) is 16.2. The molecule has 1 aliphatic carbocycles. The van der Waals surface area contributed by atoms with Gasteiger partial charge in [0.25, 0.3) is 0 Å². The van der Waals surface area contributed by atoms with E-state index in [1.807, 2.05) is 27.7 Å². The maximum Gasteiger partial charge on any atom is 0.341 e. The predicted octanol–water partition coefficient (Wildman–Crippen LogP) is 3.95. The molecule has 0 saturated carbocycles. The summed E-state index contributed by atoms with van der Waals surface area (Å²) in [6.45, 7) is 9.99. The van der Waals surface area contributed by atoms with Crippen LogP contribution in [-0.4, -0.2) is 24.5 Å². The first-order chi connectivity index (χ1) is 12.6. The van der Waals surface area contributed by atoms with Gasteiger partial charge >= 0.3 is 17.9 Å². The first-order valence-corrected chi connectivity index (χ1v) is 8.91. The number of fused-ring (bicyclic) bond motifs is 1. The average Bonchev–Trinajstić information content (AvgIpc) is 3.22. The summed E-state index contributed by atoms with van der Waals surface area (Å²) in [7, 11) is 0. The molecule has 0 atom stereocenters. The molecule has 0 radical (unpaired) electrons. The molecule has 142 valence electrons. The second-order valence-electron chi connectivity index (χ2n) is 4.84. The van der Waals surface area contributed by atoms with Crippen LogP contribution in [0.3, 0.4) is 0 Å². The maximum atomic E-state index is 10.3. The highest BCUT2D eigenvalue weighted by atomic mass is 16.6. The minimum absolute atomic E-state index is 0.227. The van der Waals surface area contributed by atoms with Crippen molar-refractivity contribution in [1.29, 1.82) is 0 Å². The highest BCUT2D eigenvalue weighted by Gasteiger charge is 2.18. The second-order valence-corrected chi connectivity index (χ2v) is 4.84. The molecule has 0 bridgehead atoms. The van der Waals surface area contributed by atoms with Crippen molar-refractivity contribution in [2.24, 2.45) is 0 Å². The summed E-state index contributed by atoms with van der Waals surface area (Å²) >= 11 is 0. The summed E-state index contributed by atoms with van der Waals surface area (Å²) in [5.74, 6) is -1.32. The van der Waals surface area contributed by atoms with Crippen LogP contribution >= 0.6 is 0 Å². The molecule has 0 fully saturated rings. The summed E-state index contributed by atoms with van der Waals surface area (Å²) in [4.78, 5) is 30.4. The van der Waals surface area contributed by atoms with E-state index < -0.39 is 11.9 Å². The van der Waals surface area contributed by atoms with E-state index >= 15 is 0 Å². The number of ether oxygens (including phenoxy) is 2. The number of carbonyl (C=O) groups excluding carboxylic acids is 3. The molecule has 0 saturated heterocycles. The Balaban J connectivity index is 0.000000332. The highest BCUT2D eigenvalue weighted by molar-refractivity contribution is 6.08. The van der Waals surface area contributed by atoms with Gasteiger partial charge in [-0.2, -0.15) is 0 Å². The number of esters is 3. The quantitative estimate of drug-likeness (QED) is 0.517. The number of cyclic esters (lactones) is 3. The Hall–Kier alpha value is -2.69. The molecule has 0 spiro atoms. The van der Waals surface area contributed by atoms with Crippen LogP contribution in [0.2, 0.25) is 0 Å². The zero-order valence-electron chi connectivity index (χ0n) is 16.2. The van der Waals surface area contributed by atoms with Gasteiger partial charge < -0.3 is 9.47 Å². The van der Waals surface area contributed by atoms with E-state index in [2.05, 4.69) is 33.7 Å². The molecule has 1 aromatic carbocycles. The minimum Gasteiger partial charge on any atom is -0.458 e. The Kier molecular flexibility index (Phi) is 12.2. The van der Waals surface area contributed by atoms with Crippen LogP contribution < -0.4 is 0 Å². The number of benzene rings is 1. The molecule has 4 rings (SSSR count). The molecule has 5 heteroatoms. The molecule has 0 unspecified atom stereocenters. The molecule has 5 nitrogen and oxygen atoms in total. The number of hydrogen-bond acceptors (Lipinski definition) is 5. The molecule has 0 aromatic heterocycles. The molecule has 2 heterocycles. The fourth-order valence-electron chi connectivity index (χ4n) is 1.90. The van der Waals surface area contributed by atoms with Crippen molar-refractivity contribution >= 4 is 17.9 Å². The standard InChI is InChI=1S/C8H8.C5H4O3.C4H4O2.2C2H6/c1-2-4-8-6-5-7(8)3-1;1-3-2-4(6)8-5(3)7;5-4-2-1-3-6-4;2*1-2/h1-4H,5-6H2;2H,1H3;1-2H,3H2;2*1-2H3. The van der Waals surface area contributed by atoms with Crippen molar-refractivity contribution in [1.82, 2.24) is 0 Å². The van der Waals surface area contributed by atoms with Crippen molar-refractivity contribution in [3.05, 3.63) is 59.2 Å². The third-order valence-corrected chi connectivity index (χ3v) is 3.21. The van der Waals surface area contributed by atoms with Gasteiger partial charge in [-0.25, -0.2) is 14.4 Å². The van der Waals surface area contributed by atoms with E-state index in [0.717, 1.165) is 0 Å². The lowest BCUT2D eigenvalue weighted by Crippen LogP contribution is -2.06. The van der Waals surface area contributed by atoms with Gasteiger partial charge in [-0.05, 0) is 37.0 Å². The molecule has 0 amide bonds. The van der Waals surface area contributed by atoms with Crippen molar-refractivity contribution in [2.75, 3.05) is 6.61 Å². The number of aryl methyl sites for hydroxylation is 2. The fraction of sp³-hybridized carbons (Fsp3) is 0.381. The Morgan fingerprint density at radius 3 is 1.54 bits per heavy atom. The Morgan fingerprint density at radius 1 is 0.846 bits per heavy atom. The Morgan fingerprint density at radius 2 is 1.38 bits per heavy atom. The van der Waals surface area contributed by atoms with Gasteiger partial charge in [0.2, 0.25) is 0 Å². The van der Waals surface area contributed by atoms with Crippen molar-refractivity contribution in [3.8, 4) is 0 Å². The van der Waals surface area contributed by atoms with Crippen LogP contribution in [0.4, 0.5) is 0 Å². The van der Waals surface area contributed by atoms with Crippen LogP contribution in [-0.2, 0) is 36.7 Å². The average molecular weight is 360 g/mol. The van der Waals surface area contributed by atoms with E-state index in [1.165, 1.54) is 31.9 Å². The van der Waals surface area contributed by atoms with Gasteiger partial charge in [0.1, 0.15) is 6.61 Å². The second kappa shape index (κ2) is 13.6. The highest BCUT2D eigenvalue weighted by Crippen LogP contribution is 2.20. The van der Waals surface area contributed by atoms with Crippen LogP contribution in [0.1, 0.15) is 45.7 Å². The van der Waals surface area contributed by atoms with Crippen molar-refractivity contribution < 1.29 is 23.9 Å². The lowest BCUT2D eigenvalue weighted by Gasteiger charge is -2.16. The Labute approximate surface area is 155 Å². The van der Waals surface area contributed by atoms with Gasteiger partial charge in [-0.15, -0.1) is 0 Å². The first-order valence-electron chi connectivity index (χ1n) is 8.91. The fourth-order valence-corrected chi connectivity index (χ4v) is 1.90. The van der Waals surface area contributed by atoms with Crippen LogP contribution in [0.5, 0.6) is 0 Å². The van der Waals surface area contributed by atoms with Crippen LogP contribution in [0, 0.1) is 0 Å². The molecule has 1 aromatic rings. The summed E-state index contributed by atoms with van der Waals surface area (Å²) in [6, 6.07) is 8.63. The summed E-state index contributed by atoms with van der Waals surface area (Å²) in [6.07, 6.45) is 6.87. The van der Waals surface area contributed by atoms with E-state index in [-0.39, 0.29) is 5.97 Å². The van der Waals surface area contributed by atoms with Crippen LogP contribution in [0.15, 0.2) is 48.1 Å². The maximum absolute atomic E-state index is 10.3. The van der Waals surface area contributed by atoms with Gasteiger partial charge in [0, 0.05) is 17.7 Å². The zero-order chi connectivity index (χ0) is 19.9. The summed E-state index contributed by atoms with van der Waals surface area (Å²) in [5, 5.41) is 0. The molecule has 3 aliphatic rings. The van der Waals surface area contributed by atoms with E-state index in [0.29, 0.717) is 12.2 Å². The number of hydrogen-bond donors (Lipinski definition) is 0. The van der Waals surface area contributed by atoms with Gasteiger partial charge in [-0.3, -0.25) is 0 Å². The van der Waals surface area contributed by atoms with Gasteiger partial charge in [0.15, 0.2) is 0 Å². The van der Waals surface area contributed by atoms with E-state index in [4.69, 9.17) is 0 Å². The summed E-state index contributed by atoms with van der Waals surface area (Å²) in [5.41, 5.74) is 3.47. The molecule has 26 heavy (non-hydrogen) atoms. The smallest absolute Gasteiger partial charge is 0.341 e. The number of rotatable bonds is 0. The largest absolute Gasteiger partial charge is 0.458 e. The first kappa shape index (κ1) is 23.3. The molecule has 0 N–H and O–H groups in total. The van der Waals surface area contributed by atoms with Gasteiger partial charge in [0.05, 0.1) is 0 Å². The van der Waals surface area contributed by atoms with E-state index in [1.54, 1.807) is 17.2 Å². The van der Waals surface area contributed by atoms with Crippen LogP contribution in [0.25, 0.3) is 0 Å². The topological polar surface area (TPSA) is 69.7 Å². The molecular formula is C21H28O5. The normalized spacial score (nSPS) is 14.8. The Bertz CT molecular complexity index is 633. The summed E-state index contributed by atoms with van der Waals surface area (Å²) < 4.78 is 8.51. The molecular weight excluding hydrogens is 332 g/mol. The SMILES string of the molecule is CC.CC.CC1=CC(=O)OC1=O.O=C1C=CCO1.c1ccc2c(c1)CC2. The predicted molar refractivity (Wildman–Crippen MR) is 102 cm³/mol. The minimum atomic E-state index is -0.562. The lowest BCUT2D eigenvalue weighted by atomic mass is 9.89. The lowest BCUT2D eigenvalue weighted by molar-refractivity contribution is -0.150. The van der Waals surface area contributed by atoms with Crippen molar-refractivity contribution in [2.45, 2.75) is 47.5 Å². The van der Waals surface area contributed by atoms with Gasteiger partial charge in [-0.1, -0.05) is 52.0 Å². The van der Waals surface area contributed by atoms with E-state index in [9.17, 15) is 14.4 Å². The van der Waals surface area contributed by atoms with Crippen molar-refractivity contribution in [3.63, 3.8) is 0 Å².